The molecule has 0 nitrogen and oxygen atoms in total. The molecular weight excluding hydrogens is 601 g/mol. The SMILES string of the molecule is [2H]c1c([2H])c(-c2c3c([2H])c([2H])c([2H])c([2H])c3c(-c3c([2H])c([2H])c([2H])c4c([2H])c([2H])c([2H])c([2H])c34)c3c([2H])c([2H])c(-c4c([2H])c([2H])c([2H])c5c([2H])c([2H])c([2H])c([2H])c45)c([2H])c23)c([2H])c([2H])c1-c1c([2H])c([2H])c2c([2H])c([2H])c([2H])c([2H])c2c1[2H]. The highest BCUT2D eigenvalue weighted by Crippen LogP contribution is 2.47. The number of rotatable bonds is 4. The van der Waals surface area contributed by atoms with E-state index in [9.17, 15) is 17.8 Å². The predicted molar refractivity (Wildman–Crippen MR) is 216 cm³/mol. The predicted octanol–water partition coefficient (Wildman–Crippen LogP) is 14.1. The van der Waals surface area contributed by atoms with E-state index >= 15 is 0 Å². The molecule has 10 aromatic carbocycles. The summed E-state index contributed by atoms with van der Waals surface area (Å²) in [5, 5.41) is -7.74. The highest BCUT2D eigenvalue weighted by atomic mass is 14.2. The van der Waals surface area contributed by atoms with Gasteiger partial charge in [0.25, 0.3) is 0 Å². The van der Waals surface area contributed by atoms with Crippen molar-refractivity contribution >= 4 is 53.9 Å². The first kappa shape index (κ1) is 11.0. The van der Waals surface area contributed by atoms with Crippen LogP contribution in [0.25, 0.3) is 98.4 Å². The van der Waals surface area contributed by atoms with Crippen LogP contribution in [0.3, 0.4) is 0 Å². The topological polar surface area (TPSA) is 0 Å². The van der Waals surface area contributed by atoms with E-state index in [1.807, 2.05) is 0 Å². The second-order valence-electron chi connectivity index (χ2n) is 10.8. The van der Waals surface area contributed by atoms with Gasteiger partial charge in [0.1, 0.15) is 0 Å². The van der Waals surface area contributed by atoms with Crippen LogP contribution in [-0.2, 0) is 0 Å². The molecule has 0 heterocycles. The second kappa shape index (κ2) is 11.6. The zero-order valence-electron chi connectivity index (χ0n) is 57.0. The van der Waals surface area contributed by atoms with Gasteiger partial charge in [-0.15, -0.1) is 0 Å². The zero-order chi connectivity index (χ0) is 60.9. The quantitative estimate of drug-likeness (QED) is 0.164. The van der Waals surface area contributed by atoms with E-state index in [-0.39, 0.29) is 0 Å². The first-order chi connectivity index (χ1) is 38.1. The molecule has 10 rings (SSSR count). The van der Waals surface area contributed by atoms with Crippen LogP contribution in [-0.4, -0.2) is 0 Å². The maximum absolute atomic E-state index is 10.3. The molecule has 0 unspecified atom stereocenters. The van der Waals surface area contributed by atoms with Crippen molar-refractivity contribution in [2.24, 2.45) is 0 Å². The Morgan fingerprint density at radius 1 is 0.240 bits per heavy atom. The van der Waals surface area contributed by atoms with Crippen LogP contribution in [0.5, 0.6) is 0 Å². The highest BCUT2D eigenvalue weighted by Gasteiger charge is 2.19. The Labute approximate surface area is 336 Å². The van der Waals surface area contributed by atoms with E-state index in [0.717, 1.165) is 0 Å². The van der Waals surface area contributed by atoms with Gasteiger partial charge < -0.3 is 0 Å². The fourth-order valence-corrected chi connectivity index (χ4v) is 5.81. The molecule has 10 aromatic rings. The van der Waals surface area contributed by atoms with Gasteiger partial charge in [0.2, 0.25) is 0 Å². The summed E-state index contributed by atoms with van der Waals surface area (Å²) in [6, 6.07) is -32.6. The Bertz CT molecular complexity index is 4710. The van der Waals surface area contributed by atoms with Crippen LogP contribution in [0.1, 0.15) is 43.9 Å². The summed E-state index contributed by atoms with van der Waals surface area (Å²) in [5.41, 5.74) is -7.23. The summed E-state index contributed by atoms with van der Waals surface area (Å²) in [6.07, 6.45) is 0. The number of benzene rings is 10. The zero-order valence-corrected chi connectivity index (χ0v) is 25.0. The van der Waals surface area contributed by atoms with Gasteiger partial charge in [0, 0.05) is 0 Å². The van der Waals surface area contributed by atoms with Crippen LogP contribution in [0.2, 0.25) is 0 Å². The van der Waals surface area contributed by atoms with Gasteiger partial charge in [-0.25, -0.2) is 0 Å². The third kappa shape index (κ3) is 4.61. The van der Waals surface area contributed by atoms with Gasteiger partial charge in [0.15, 0.2) is 0 Å². The molecule has 232 valence electrons. The molecule has 0 spiro atoms. The van der Waals surface area contributed by atoms with Crippen molar-refractivity contribution < 1.29 is 43.9 Å². The molecule has 0 saturated carbocycles. The molecule has 0 saturated heterocycles. The third-order valence-corrected chi connectivity index (χ3v) is 8.00. The lowest BCUT2D eigenvalue weighted by Crippen LogP contribution is -1.93. The van der Waals surface area contributed by atoms with E-state index in [0.29, 0.717) is 0 Å². The minimum atomic E-state index is -1.22. The van der Waals surface area contributed by atoms with E-state index in [1.54, 1.807) is 0 Å². The first-order valence-electron chi connectivity index (χ1n) is 30.8. The van der Waals surface area contributed by atoms with Crippen LogP contribution in [0.15, 0.2) is 193 Å². The van der Waals surface area contributed by atoms with Crippen molar-refractivity contribution in [3.05, 3.63) is 193 Å². The van der Waals surface area contributed by atoms with Crippen molar-refractivity contribution in [2.45, 2.75) is 0 Å². The van der Waals surface area contributed by atoms with Crippen molar-refractivity contribution in [2.75, 3.05) is 0 Å². The van der Waals surface area contributed by atoms with Crippen molar-refractivity contribution in [3.8, 4) is 44.5 Å². The van der Waals surface area contributed by atoms with Crippen LogP contribution < -0.4 is 0 Å². The summed E-state index contributed by atoms with van der Waals surface area (Å²) < 4.78 is 291. The normalized spacial score (nSPS) is 20.6. The van der Waals surface area contributed by atoms with Crippen molar-refractivity contribution in [1.82, 2.24) is 0 Å². The van der Waals surface area contributed by atoms with Crippen molar-refractivity contribution in [1.29, 1.82) is 0 Å². The van der Waals surface area contributed by atoms with Gasteiger partial charge in [0.05, 0.1) is 43.9 Å². The lowest BCUT2D eigenvalue weighted by molar-refractivity contribution is 1.62. The van der Waals surface area contributed by atoms with Gasteiger partial charge in [-0.1, -0.05) is 181 Å². The number of fused-ring (bicyclic) bond motifs is 5. The molecule has 0 bridgehead atoms. The molecule has 0 aliphatic heterocycles. The smallest absolute Gasteiger partial charge is 0.0616 e. The Morgan fingerprint density at radius 2 is 0.720 bits per heavy atom. The molecule has 0 N–H and O–H groups in total. The van der Waals surface area contributed by atoms with Crippen LogP contribution in [0, 0.1) is 0 Å². The first-order valence-corrected chi connectivity index (χ1v) is 14.8. The molecule has 0 fully saturated rings. The average molecular weight is 665 g/mol. The molecule has 0 aromatic heterocycles. The Balaban J connectivity index is 1.56. The molecule has 0 heteroatoms. The molecular formula is C50H32. The molecule has 0 aliphatic carbocycles. The van der Waals surface area contributed by atoms with Crippen LogP contribution >= 0.6 is 0 Å². The van der Waals surface area contributed by atoms with E-state index in [4.69, 9.17) is 26.0 Å². The second-order valence-corrected chi connectivity index (χ2v) is 10.8. The lowest BCUT2D eigenvalue weighted by atomic mass is 9.83. The average Bonchev–Trinajstić information content (AvgIpc) is 3.59. The minimum Gasteiger partial charge on any atom is -0.0616 e. The van der Waals surface area contributed by atoms with Crippen molar-refractivity contribution in [3.63, 3.8) is 0 Å². The van der Waals surface area contributed by atoms with Gasteiger partial charge in [-0.3, -0.25) is 0 Å². The highest BCUT2D eigenvalue weighted by molar-refractivity contribution is 6.24. The van der Waals surface area contributed by atoms with E-state index in [1.165, 1.54) is 0 Å². The van der Waals surface area contributed by atoms with E-state index in [2.05, 4.69) is 0 Å². The van der Waals surface area contributed by atoms with Crippen LogP contribution in [0.4, 0.5) is 0 Å². The lowest BCUT2D eigenvalue weighted by Gasteiger charge is -2.20. The fraction of sp³-hybridized carbons (Fsp3) is 0. The minimum absolute atomic E-state index is 0.592. The van der Waals surface area contributed by atoms with Gasteiger partial charge in [-0.05, 0) is 110 Å². The largest absolute Gasteiger partial charge is 0.0636 e. The summed E-state index contributed by atoms with van der Waals surface area (Å²) in [5.74, 6) is 0. The summed E-state index contributed by atoms with van der Waals surface area (Å²) in [6.45, 7) is 0. The molecule has 0 radical (unpaired) electrons. The Kier molecular flexibility index (Phi) is 2.55. The maximum Gasteiger partial charge on any atom is 0.0636 e. The standard InChI is InChI=1S/C50H32/c1-2-14-38-31-39(28-25-33(38)11-1)34-23-26-37(27-24-34)49-45-19-7-8-20-46(45)50(44-22-10-16-36-13-4-6-18-42(36)44)47-30-29-40(32-48(47)49)43-21-9-15-35-12-3-5-17-41(35)43/h1-32H/i1D,2D,3D,4D,5D,6D,7D,8D,9D,10D,11D,12D,13D,14D,15D,16D,17D,18D,19D,20D,21D,22D,23D,24D,25D,26D,27D,28D,29D,30D,31D,32D. The third-order valence-electron chi connectivity index (χ3n) is 8.00. The van der Waals surface area contributed by atoms with Gasteiger partial charge >= 0.3 is 0 Å². The molecule has 0 amide bonds. The molecule has 0 aliphatic rings. The fourth-order valence-electron chi connectivity index (χ4n) is 5.81. The van der Waals surface area contributed by atoms with E-state index < -0.39 is 292 Å². The number of hydrogen-bond donors (Lipinski definition) is 0. The Hall–Kier alpha value is -6.50. The molecule has 0 atom stereocenters. The maximum atomic E-state index is 10.3. The van der Waals surface area contributed by atoms with Gasteiger partial charge in [-0.2, -0.15) is 0 Å². The molecule has 50 heavy (non-hydrogen) atoms. The number of hydrogen-bond acceptors (Lipinski definition) is 0. The Morgan fingerprint density at radius 3 is 1.44 bits per heavy atom. The summed E-state index contributed by atoms with van der Waals surface area (Å²) in [4.78, 5) is 0. The summed E-state index contributed by atoms with van der Waals surface area (Å²) in [7, 11) is 0. The summed E-state index contributed by atoms with van der Waals surface area (Å²) >= 11 is 0. The monoisotopic (exact) mass is 664 g/mol.